The van der Waals surface area contributed by atoms with Gasteiger partial charge in [-0.05, 0) is 37.6 Å². The summed E-state index contributed by atoms with van der Waals surface area (Å²) >= 11 is 0. The van der Waals surface area contributed by atoms with Crippen molar-refractivity contribution in [2.24, 2.45) is 0 Å². The lowest BCUT2D eigenvalue weighted by Crippen LogP contribution is -2.00. The van der Waals surface area contributed by atoms with Crippen LogP contribution in [0.2, 0.25) is 0 Å². The van der Waals surface area contributed by atoms with Crippen LogP contribution < -0.4 is 10.5 Å². The SMILES string of the molecule is CC(C)n1cc(-c2ccc(Oc3ccc([N+](=O)[O-])cc3CO)cc2)c2c(N)ncnc21. The minimum Gasteiger partial charge on any atom is -0.457 e. The monoisotopic (exact) mass is 419 g/mol. The van der Waals surface area contributed by atoms with Crippen LogP contribution in [0, 0.1) is 10.1 Å². The van der Waals surface area contributed by atoms with Gasteiger partial charge in [-0.3, -0.25) is 10.1 Å². The van der Waals surface area contributed by atoms with Gasteiger partial charge in [0.2, 0.25) is 0 Å². The van der Waals surface area contributed by atoms with Gasteiger partial charge in [0.1, 0.15) is 29.3 Å². The van der Waals surface area contributed by atoms with E-state index in [9.17, 15) is 15.2 Å². The predicted molar refractivity (Wildman–Crippen MR) is 117 cm³/mol. The highest BCUT2D eigenvalue weighted by atomic mass is 16.6. The van der Waals surface area contributed by atoms with Crippen LogP contribution in [0.5, 0.6) is 11.5 Å². The van der Waals surface area contributed by atoms with Crippen molar-refractivity contribution in [2.45, 2.75) is 26.5 Å². The van der Waals surface area contributed by atoms with Gasteiger partial charge in [0.15, 0.2) is 0 Å². The number of rotatable bonds is 6. The first-order chi connectivity index (χ1) is 14.9. The molecule has 0 aliphatic heterocycles. The fourth-order valence-corrected chi connectivity index (χ4v) is 3.45. The first-order valence-corrected chi connectivity index (χ1v) is 9.66. The number of aliphatic hydroxyl groups is 1. The summed E-state index contributed by atoms with van der Waals surface area (Å²) in [6.45, 7) is 3.77. The summed E-state index contributed by atoms with van der Waals surface area (Å²) in [5.41, 5.74) is 8.99. The van der Waals surface area contributed by atoms with Crippen LogP contribution in [-0.4, -0.2) is 24.6 Å². The molecule has 0 spiro atoms. The van der Waals surface area contributed by atoms with Crippen molar-refractivity contribution in [2.75, 3.05) is 5.73 Å². The largest absolute Gasteiger partial charge is 0.457 e. The highest BCUT2D eigenvalue weighted by molar-refractivity contribution is 6.00. The number of aromatic nitrogens is 3. The van der Waals surface area contributed by atoms with E-state index >= 15 is 0 Å². The van der Waals surface area contributed by atoms with Crippen LogP contribution in [0.1, 0.15) is 25.5 Å². The van der Waals surface area contributed by atoms with E-state index in [1.54, 1.807) is 12.1 Å². The van der Waals surface area contributed by atoms with E-state index in [-0.39, 0.29) is 18.3 Å². The van der Waals surface area contributed by atoms with E-state index in [1.165, 1.54) is 24.5 Å². The topological polar surface area (TPSA) is 129 Å². The Morgan fingerprint density at radius 1 is 1.19 bits per heavy atom. The standard InChI is InChI=1S/C22H21N5O4/c1-13(2)26-10-18(20-21(23)24-12-25-22(20)26)14-3-6-17(7-4-14)31-19-8-5-16(27(29)30)9-15(19)11-28/h3-10,12-13,28H,11H2,1-2H3,(H2,23,24,25). The molecule has 158 valence electrons. The molecule has 0 saturated heterocycles. The third-order valence-electron chi connectivity index (χ3n) is 5.01. The molecular formula is C22H21N5O4. The fourth-order valence-electron chi connectivity index (χ4n) is 3.45. The van der Waals surface area contributed by atoms with E-state index in [0.29, 0.717) is 22.9 Å². The van der Waals surface area contributed by atoms with Crippen LogP contribution >= 0.6 is 0 Å². The van der Waals surface area contributed by atoms with Gasteiger partial charge in [0.05, 0.1) is 16.9 Å². The summed E-state index contributed by atoms with van der Waals surface area (Å²) in [7, 11) is 0. The molecule has 31 heavy (non-hydrogen) atoms. The summed E-state index contributed by atoms with van der Waals surface area (Å²) in [6.07, 6.45) is 3.47. The molecule has 0 fully saturated rings. The average molecular weight is 419 g/mol. The molecule has 4 aromatic rings. The van der Waals surface area contributed by atoms with Crippen molar-refractivity contribution in [1.82, 2.24) is 14.5 Å². The molecule has 4 rings (SSSR count). The van der Waals surface area contributed by atoms with Crippen LogP contribution in [0.15, 0.2) is 55.0 Å². The molecule has 9 heteroatoms. The second-order valence-corrected chi connectivity index (χ2v) is 7.33. The Labute approximate surface area is 177 Å². The number of hydrogen-bond acceptors (Lipinski definition) is 7. The number of hydrogen-bond donors (Lipinski definition) is 2. The number of non-ortho nitro benzene ring substituents is 1. The molecule has 0 aliphatic rings. The van der Waals surface area contributed by atoms with E-state index in [4.69, 9.17) is 10.5 Å². The zero-order valence-electron chi connectivity index (χ0n) is 17.0. The Kier molecular flexibility index (Phi) is 5.26. The Bertz CT molecular complexity index is 1270. The van der Waals surface area contributed by atoms with Crippen LogP contribution in [-0.2, 0) is 6.61 Å². The van der Waals surface area contributed by atoms with E-state index in [2.05, 4.69) is 28.4 Å². The molecule has 0 saturated carbocycles. The lowest BCUT2D eigenvalue weighted by molar-refractivity contribution is -0.385. The minimum atomic E-state index is -0.513. The van der Waals surface area contributed by atoms with Gasteiger partial charge in [0.25, 0.3) is 5.69 Å². The lowest BCUT2D eigenvalue weighted by Gasteiger charge is -2.10. The zero-order valence-corrected chi connectivity index (χ0v) is 17.0. The fraction of sp³-hybridized carbons (Fsp3) is 0.182. The summed E-state index contributed by atoms with van der Waals surface area (Å²) in [6, 6.07) is 11.7. The molecule has 0 amide bonds. The normalized spacial score (nSPS) is 11.2. The Hall–Kier alpha value is -3.98. The number of benzene rings is 2. The van der Waals surface area contributed by atoms with Crippen molar-refractivity contribution >= 4 is 22.5 Å². The van der Waals surface area contributed by atoms with Gasteiger partial charge in [-0.25, -0.2) is 9.97 Å². The third kappa shape index (κ3) is 3.78. The molecule has 2 heterocycles. The quantitative estimate of drug-likeness (QED) is 0.349. The number of ether oxygens (including phenoxy) is 1. The Balaban J connectivity index is 1.68. The summed E-state index contributed by atoms with van der Waals surface area (Å²) in [4.78, 5) is 19.0. The molecule has 0 aliphatic carbocycles. The summed E-state index contributed by atoms with van der Waals surface area (Å²) < 4.78 is 7.90. The maximum absolute atomic E-state index is 10.9. The minimum absolute atomic E-state index is 0.104. The molecule has 2 aromatic carbocycles. The van der Waals surface area contributed by atoms with Crippen LogP contribution in [0.4, 0.5) is 11.5 Å². The van der Waals surface area contributed by atoms with Crippen LogP contribution in [0.25, 0.3) is 22.2 Å². The van der Waals surface area contributed by atoms with Crippen molar-refractivity contribution < 1.29 is 14.8 Å². The second kappa shape index (κ2) is 8.04. The van der Waals surface area contributed by atoms with Crippen molar-refractivity contribution in [3.63, 3.8) is 0 Å². The molecule has 0 unspecified atom stereocenters. The second-order valence-electron chi connectivity index (χ2n) is 7.33. The van der Waals surface area contributed by atoms with Crippen LogP contribution in [0.3, 0.4) is 0 Å². The maximum atomic E-state index is 10.9. The van der Waals surface area contributed by atoms with Gasteiger partial charge in [0, 0.05) is 35.5 Å². The maximum Gasteiger partial charge on any atom is 0.270 e. The number of anilines is 1. The van der Waals surface area contributed by atoms with E-state index < -0.39 is 4.92 Å². The first-order valence-electron chi connectivity index (χ1n) is 9.66. The smallest absolute Gasteiger partial charge is 0.270 e. The van der Waals surface area contributed by atoms with Crippen molar-refractivity contribution in [3.05, 3.63) is 70.7 Å². The van der Waals surface area contributed by atoms with E-state index in [0.717, 1.165) is 22.2 Å². The Morgan fingerprint density at radius 2 is 1.94 bits per heavy atom. The van der Waals surface area contributed by atoms with Gasteiger partial charge < -0.3 is 20.1 Å². The zero-order chi connectivity index (χ0) is 22.1. The third-order valence-corrected chi connectivity index (χ3v) is 5.01. The number of aliphatic hydroxyl groups excluding tert-OH is 1. The van der Waals surface area contributed by atoms with Crippen molar-refractivity contribution in [1.29, 1.82) is 0 Å². The number of fused-ring (bicyclic) bond motifs is 1. The average Bonchev–Trinajstić information content (AvgIpc) is 3.16. The number of nitrogen functional groups attached to an aromatic ring is 1. The number of nitrogens with two attached hydrogens (primary N) is 1. The molecule has 9 nitrogen and oxygen atoms in total. The first kappa shape index (κ1) is 20.3. The molecule has 0 atom stereocenters. The summed E-state index contributed by atoms with van der Waals surface area (Å²) in [5.74, 6) is 1.30. The number of nitro groups is 1. The highest BCUT2D eigenvalue weighted by Crippen LogP contribution is 2.36. The van der Waals surface area contributed by atoms with Gasteiger partial charge in [-0.1, -0.05) is 12.1 Å². The highest BCUT2D eigenvalue weighted by Gasteiger charge is 2.17. The molecule has 0 bridgehead atoms. The lowest BCUT2D eigenvalue weighted by atomic mass is 10.1. The molecule has 0 radical (unpaired) electrons. The van der Waals surface area contributed by atoms with Crippen molar-refractivity contribution in [3.8, 4) is 22.6 Å². The number of nitro benzene ring substituents is 1. The molecular weight excluding hydrogens is 398 g/mol. The number of nitrogens with zero attached hydrogens (tertiary/aromatic N) is 4. The van der Waals surface area contributed by atoms with E-state index in [1.807, 2.05) is 18.3 Å². The molecule has 2 aromatic heterocycles. The Morgan fingerprint density at radius 3 is 2.58 bits per heavy atom. The predicted octanol–water partition coefficient (Wildman–Crippen LogP) is 4.45. The van der Waals surface area contributed by atoms with Gasteiger partial charge in [-0.15, -0.1) is 0 Å². The van der Waals surface area contributed by atoms with Gasteiger partial charge >= 0.3 is 0 Å². The molecule has 3 N–H and O–H groups in total. The summed E-state index contributed by atoms with van der Waals surface area (Å²) in [5, 5.41) is 21.3. The van der Waals surface area contributed by atoms with Gasteiger partial charge in [-0.2, -0.15) is 0 Å².